The summed E-state index contributed by atoms with van der Waals surface area (Å²) >= 11 is 6.19. The van der Waals surface area contributed by atoms with Gasteiger partial charge in [0.2, 0.25) is 0 Å². The highest BCUT2D eigenvalue weighted by Gasteiger charge is 2.56. The minimum absolute atomic E-state index is 0.0364. The Bertz CT molecular complexity index is 905. The topological polar surface area (TPSA) is 90.5 Å². The van der Waals surface area contributed by atoms with E-state index in [0.717, 1.165) is 23.3 Å². The van der Waals surface area contributed by atoms with Crippen molar-refractivity contribution in [1.29, 1.82) is 0 Å². The van der Waals surface area contributed by atoms with Gasteiger partial charge in [0.05, 0.1) is 15.3 Å². The van der Waals surface area contributed by atoms with E-state index >= 15 is 0 Å². The van der Waals surface area contributed by atoms with Gasteiger partial charge in [0, 0.05) is 11.5 Å². The molecule has 3 N–H and O–H groups in total. The molecule has 0 bridgehead atoms. The van der Waals surface area contributed by atoms with Gasteiger partial charge < -0.3 is 15.5 Å². The van der Waals surface area contributed by atoms with Crippen molar-refractivity contribution >= 4 is 29.6 Å². The molecule has 26 heavy (non-hydrogen) atoms. The molecule has 8 heteroatoms. The van der Waals surface area contributed by atoms with Crippen molar-refractivity contribution in [3.05, 3.63) is 33.8 Å². The normalized spacial score (nSPS) is 30.3. The lowest BCUT2D eigenvalue weighted by Crippen LogP contribution is -2.58. The Morgan fingerprint density at radius 2 is 2.19 bits per heavy atom. The Morgan fingerprint density at radius 1 is 1.46 bits per heavy atom. The van der Waals surface area contributed by atoms with Crippen molar-refractivity contribution in [2.24, 2.45) is 5.92 Å². The van der Waals surface area contributed by atoms with Crippen LogP contribution in [0.15, 0.2) is 12.1 Å². The van der Waals surface area contributed by atoms with Crippen LogP contribution in [-0.2, 0) is 11.3 Å². The predicted octanol–water partition coefficient (Wildman–Crippen LogP) is 2.22. The molecule has 1 aromatic rings. The minimum Gasteiger partial charge on any atom is -0.335 e. The second-order valence-corrected chi connectivity index (χ2v) is 7.57. The molecule has 1 aromatic carbocycles. The molecule has 3 aliphatic rings. The highest BCUT2D eigenvalue weighted by atomic mass is 35.5. The number of carbonyl (C=O) groups is 3. The van der Waals surface area contributed by atoms with Crippen LogP contribution in [0.25, 0.3) is 0 Å². The van der Waals surface area contributed by atoms with Crippen LogP contribution in [0.2, 0.25) is 5.02 Å². The van der Waals surface area contributed by atoms with Gasteiger partial charge in [0.25, 0.3) is 5.91 Å². The number of hydrogen-bond acceptors (Lipinski definition) is 3. The number of imide groups is 1. The molecule has 7 nitrogen and oxygen atoms in total. The maximum Gasteiger partial charge on any atom is 0.322 e. The van der Waals surface area contributed by atoms with E-state index in [9.17, 15) is 14.4 Å². The first-order chi connectivity index (χ1) is 13.1. The standard InChI is InChI=1S/C18H21ClN4O3/c1-9-5-11-7-23(10(2)13(11)6-14(9)19)17(26)20-8-18(12-3-4-12)15(24)21-16(25)22-18/h5-6,10,12H,3-4,7-8H2,1-2H3,(H,20,26)(H2,21,22,24,25)/t10?,18-/m0/s1/i7D2. The van der Waals surface area contributed by atoms with Crippen LogP contribution in [-0.4, -0.2) is 35.0 Å². The number of benzene rings is 1. The fraction of sp³-hybridized carbons (Fsp3) is 0.500. The molecular weight excluding hydrogens is 356 g/mol. The number of aryl methyl sites for hydroxylation is 1. The largest absolute Gasteiger partial charge is 0.335 e. The molecular formula is C18H21ClN4O3. The van der Waals surface area contributed by atoms with E-state index in [2.05, 4.69) is 16.0 Å². The summed E-state index contributed by atoms with van der Waals surface area (Å²) in [5, 5.41) is 8.06. The fourth-order valence-corrected chi connectivity index (χ4v) is 3.84. The van der Waals surface area contributed by atoms with E-state index < -0.39 is 36.0 Å². The van der Waals surface area contributed by atoms with Gasteiger partial charge in [-0.25, -0.2) is 9.59 Å². The summed E-state index contributed by atoms with van der Waals surface area (Å²) < 4.78 is 17.0. The first kappa shape index (κ1) is 14.8. The number of nitrogens with zero attached hydrogens (tertiary/aromatic N) is 1. The van der Waals surface area contributed by atoms with E-state index in [4.69, 9.17) is 14.3 Å². The maximum atomic E-state index is 12.9. The van der Waals surface area contributed by atoms with E-state index in [1.54, 1.807) is 26.0 Å². The van der Waals surface area contributed by atoms with Crippen molar-refractivity contribution < 1.29 is 17.1 Å². The number of carbonyl (C=O) groups excluding carboxylic acids is 3. The highest BCUT2D eigenvalue weighted by Crippen LogP contribution is 2.41. The maximum absolute atomic E-state index is 12.9. The molecule has 1 aliphatic carbocycles. The number of hydrogen-bond donors (Lipinski definition) is 3. The van der Waals surface area contributed by atoms with Crippen molar-refractivity contribution in [2.75, 3.05) is 6.54 Å². The van der Waals surface area contributed by atoms with Crippen LogP contribution in [0.5, 0.6) is 0 Å². The second-order valence-electron chi connectivity index (χ2n) is 7.16. The molecule has 0 spiro atoms. The smallest absolute Gasteiger partial charge is 0.322 e. The van der Waals surface area contributed by atoms with Crippen LogP contribution in [0, 0.1) is 12.8 Å². The Balaban J connectivity index is 1.57. The molecule has 138 valence electrons. The van der Waals surface area contributed by atoms with Gasteiger partial charge >= 0.3 is 12.1 Å². The number of fused-ring (bicyclic) bond motifs is 1. The number of rotatable bonds is 3. The molecule has 5 amide bonds. The predicted molar refractivity (Wildman–Crippen MR) is 95.7 cm³/mol. The quantitative estimate of drug-likeness (QED) is 0.704. The third-order valence-electron chi connectivity index (χ3n) is 5.39. The Morgan fingerprint density at radius 3 is 2.81 bits per heavy atom. The molecule has 2 aliphatic heterocycles. The summed E-state index contributed by atoms with van der Waals surface area (Å²) in [5.41, 5.74) is 0.618. The van der Waals surface area contributed by atoms with Crippen molar-refractivity contribution in [3.8, 4) is 0 Å². The SMILES string of the molecule is [2H]C1([2H])c2cc(C)c(Cl)cc2C(C)N1C(=O)NC[C@@]1(C2CC2)NC(=O)NC1=O. The van der Waals surface area contributed by atoms with E-state index in [0.29, 0.717) is 16.1 Å². The zero-order chi connectivity index (χ0) is 20.4. The highest BCUT2D eigenvalue weighted by molar-refractivity contribution is 6.31. The average Bonchev–Trinajstić information content (AvgIpc) is 3.38. The van der Waals surface area contributed by atoms with Gasteiger partial charge in [0.15, 0.2) is 0 Å². The van der Waals surface area contributed by atoms with Gasteiger partial charge in [-0.2, -0.15) is 0 Å². The zero-order valence-electron chi connectivity index (χ0n) is 16.5. The summed E-state index contributed by atoms with van der Waals surface area (Å²) in [6, 6.07) is 1.60. The minimum atomic E-state index is -2.03. The first-order valence-electron chi connectivity index (χ1n) is 9.59. The molecule has 0 radical (unpaired) electrons. The Kier molecular flexibility index (Phi) is 3.35. The van der Waals surface area contributed by atoms with Crippen LogP contribution in [0.4, 0.5) is 9.59 Å². The summed E-state index contributed by atoms with van der Waals surface area (Å²) in [6.07, 6.45) is 1.57. The summed E-state index contributed by atoms with van der Waals surface area (Å²) in [6.45, 7) is 1.40. The molecule has 2 fully saturated rings. The lowest BCUT2D eigenvalue weighted by atomic mass is 9.93. The summed E-state index contributed by atoms with van der Waals surface area (Å²) in [7, 11) is 0. The number of halogens is 1. The van der Waals surface area contributed by atoms with Gasteiger partial charge in [0.1, 0.15) is 5.54 Å². The average molecular weight is 379 g/mol. The van der Waals surface area contributed by atoms with Crippen LogP contribution >= 0.6 is 11.6 Å². The monoisotopic (exact) mass is 378 g/mol. The molecule has 1 saturated carbocycles. The van der Waals surface area contributed by atoms with E-state index in [1.807, 2.05) is 0 Å². The molecule has 0 aromatic heterocycles. The van der Waals surface area contributed by atoms with Crippen molar-refractivity contribution in [1.82, 2.24) is 20.9 Å². The van der Waals surface area contributed by atoms with Crippen LogP contribution in [0.1, 0.15) is 45.2 Å². The van der Waals surface area contributed by atoms with Crippen LogP contribution in [0.3, 0.4) is 0 Å². The molecule has 1 saturated heterocycles. The number of urea groups is 2. The lowest BCUT2D eigenvalue weighted by Gasteiger charge is -2.29. The Labute approximate surface area is 159 Å². The molecule has 2 heterocycles. The number of amides is 5. The van der Waals surface area contributed by atoms with Crippen LogP contribution < -0.4 is 16.0 Å². The van der Waals surface area contributed by atoms with Crippen molar-refractivity contribution in [3.63, 3.8) is 0 Å². The van der Waals surface area contributed by atoms with E-state index in [1.165, 1.54) is 0 Å². The van der Waals surface area contributed by atoms with Crippen molar-refractivity contribution in [2.45, 2.75) is 44.8 Å². The summed E-state index contributed by atoms with van der Waals surface area (Å²) in [4.78, 5) is 38.0. The molecule has 4 rings (SSSR count). The first-order valence-corrected chi connectivity index (χ1v) is 8.97. The van der Waals surface area contributed by atoms with E-state index in [-0.39, 0.29) is 12.5 Å². The zero-order valence-corrected chi connectivity index (χ0v) is 15.2. The third kappa shape index (κ3) is 2.61. The van der Waals surface area contributed by atoms with Gasteiger partial charge in [-0.05, 0) is 55.4 Å². The molecule has 1 unspecified atom stereocenters. The third-order valence-corrected chi connectivity index (χ3v) is 5.80. The van der Waals surface area contributed by atoms with Gasteiger partial charge in [-0.15, -0.1) is 0 Å². The molecule has 2 atom stereocenters. The second kappa shape index (κ2) is 5.87. The fourth-order valence-electron chi connectivity index (χ4n) is 3.67. The van der Waals surface area contributed by atoms with Gasteiger partial charge in [-0.3, -0.25) is 10.1 Å². The Hall–Kier alpha value is -2.28. The lowest BCUT2D eigenvalue weighted by molar-refractivity contribution is -0.124. The summed E-state index contributed by atoms with van der Waals surface area (Å²) in [5.74, 6) is -0.492. The number of nitrogens with one attached hydrogen (secondary N) is 3. The van der Waals surface area contributed by atoms with Gasteiger partial charge in [-0.1, -0.05) is 17.7 Å².